The molecule has 0 aromatic carbocycles. The smallest absolute Gasteiger partial charge is 0.00597 e. The first kappa shape index (κ1) is 7.35. The molecule has 0 amide bonds. The van der Waals surface area contributed by atoms with E-state index in [1.165, 1.54) is 24.3 Å². The summed E-state index contributed by atoms with van der Waals surface area (Å²) < 4.78 is 0. The molecule has 0 aliphatic carbocycles. The third kappa shape index (κ3) is 6.35. The van der Waals surface area contributed by atoms with Crippen LogP contribution in [0.25, 0.3) is 0 Å². The molecule has 1 heterocycles. The van der Waals surface area contributed by atoms with Gasteiger partial charge in [-0.05, 0) is 17.9 Å². The van der Waals surface area contributed by atoms with Crippen molar-refractivity contribution in [1.82, 2.24) is 0 Å². The third-order valence-electron chi connectivity index (χ3n) is 0.577. The van der Waals surface area contributed by atoms with Crippen LogP contribution in [0.2, 0.25) is 0 Å². The van der Waals surface area contributed by atoms with Crippen molar-refractivity contribution in [3.8, 4) is 0 Å². The molecule has 0 nitrogen and oxygen atoms in total. The highest BCUT2D eigenvalue weighted by atomic mass is 32.2. The lowest BCUT2D eigenvalue weighted by atomic mass is 10.6. The first-order chi connectivity index (χ1) is 3.41. The Morgan fingerprint density at radius 2 is 1.43 bits per heavy atom. The first-order valence-electron chi connectivity index (χ1n) is 2.99. The maximum atomic E-state index is 2.12. The summed E-state index contributed by atoms with van der Waals surface area (Å²) in [5.41, 5.74) is 0. The van der Waals surface area contributed by atoms with E-state index in [1.54, 1.807) is 0 Å². The largest absolute Gasteiger partial charge is 0.162 e. The molecular formula is C6H14S. The maximum absolute atomic E-state index is 2.12. The van der Waals surface area contributed by atoms with Crippen LogP contribution in [-0.2, 0) is 0 Å². The minimum absolute atomic E-state index is 1.25. The van der Waals surface area contributed by atoms with Crippen LogP contribution in [0, 0.1) is 0 Å². The van der Waals surface area contributed by atoms with Crippen molar-refractivity contribution in [2.75, 3.05) is 11.5 Å². The van der Waals surface area contributed by atoms with E-state index in [1.807, 2.05) is 11.8 Å². The lowest BCUT2D eigenvalue weighted by molar-refractivity contribution is 1.06. The SMILES string of the molecule is C1CSC1.CCC. The summed E-state index contributed by atoms with van der Waals surface area (Å²) >= 11 is 2.04. The predicted octanol–water partition coefficient (Wildman–Crippen LogP) is 2.54. The van der Waals surface area contributed by atoms with Crippen molar-refractivity contribution in [1.29, 1.82) is 0 Å². The predicted molar refractivity (Wildman–Crippen MR) is 37.9 cm³/mol. The van der Waals surface area contributed by atoms with Gasteiger partial charge in [-0.25, -0.2) is 0 Å². The second-order valence-electron chi connectivity index (χ2n) is 1.67. The number of rotatable bonds is 0. The molecule has 0 saturated carbocycles. The molecule has 0 aromatic heterocycles. The first-order valence-corrected chi connectivity index (χ1v) is 4.15. The second-order valence-corrected chi connectivity index (χ2v) is 2.90. The summed E-state index contributed by atoms with van der Waals surface area (Å²) in [7, 11) is 0. The summed E-state index contributed by atoms with van der Waals surface area (Å²) in [6, 6.07) is 0. The Morgan fingerprint density at radius 1 is 1.29 bits per heavy atom. The van der Waals surface area contributed by atoms with E-state index in [0.717, 1.165) is 0 Å². The van der Waals surface area contributed by atoms with Gasteiger partial charge in [-0.2, -0.15) is 11.8 Å². The van der Waals surface area contributed by atoms with Crippen LogP contribution < -0.4 is 0 Å². The van der Waals surface area contributed by atoms with Crippen LogP contribution in [0.3, 0.4) is 0 Å². The van der Waals surface area contributed by atoms with Gasteiger partial charge in [0.25, 0.3) is 0 Å². The Labute approximate surface area is 50.7 Å². The average molecular weight is 118 g/mol. The van der Waals surface area contributed by atoms with Crippen molar-refractivity contribution in [3.63, 3.8) is 0 Å². The topological polar surface area (TPSA) is 0 Å². The van der Waals surface area contributed by atoms with Gasteiger partial charge in [0.05, 0.1) is 0 Å². The summed E-state index contributed by atoms with van der Waals surface area (Å²) in [6.45, 7) is 4.25. The molecule has 0 radical (unpaired) electrons. The average Bonchev–Trinajstić information content (AvgIpc) is 1.27. The monoisotopic (exact) mass is 118 g/mol. The lowest BCUT2D eigenvalue weighted by Gasteiger charge is -2.05. The minimum Gasteiger partial charge on any atom is -0.162 e. The van der Waals surface area contributed by atoms with E-state index in [4.69, 9.17) is 0 Å². The zero-order chi connectivity index (χ0) is 5.54. The molecule has 7 heavy (non-hydrogen) atoms. The molecule has 0 N–H and O–H groups in total. The van der Waals surface area contributed by atoms with Crippen LogP contribution in [0.4, 0.5) is 0 Å². The van der Waals surface area contributed by atoms with Gasteiger partial charge in [0.1, 0.15) is 0 Å². The van der Waals surface area contributed by atoms with Gasteiger partial charge in [-0.15, -0.1) is 0 Å². The molecule has 1 fully saturated rings. The standard InChI is InChI=1S/C3H6S.C3H8/c1-2-4-3-1;1-3-2/h1-3H2;3H2,1-2H3. The Kier molecular flexibility index (Phi) is 6.67. The zero-order valence-electron chi connectivity index (χ0n) is 5.24. The van der Waals surface area contributed by atoms with Gasteiger partial charge in [-0.1, -0.05) is 20.3 Å². The Bertz CT molecular complexity index is 19.4. The highest BCUT2D eigenvalue weighted by Crippen LogP contribution is 2.14. The van der Waals surface area contributed by atoms with Gasteiger partial charge in [0.15, 0.2) is 0 Å². The highest BCUT2D eigenvalue weighted by molar-refractivity contribution is 8.00. The fraction of sp³-hybridized carbons (Fsp3) is 1.00. The molecule has 0 spiro atoms. The van der Waals surface area contributed by atoms with Gasteiger partial charge in [0.2, 0.25) is 0 Å². The fourth-order valence-corrected chi connectivity index (χ4v) is 0.433. The highest BCUT2D eigenvalue weighted by Gasteiger charge is 1.95. The van der Waals surface area contributed by atoms with E-state index in [-0.39, 0.29) is 0 Å². The molecule has 0 atom stereocenters. The molecule has 1 heteroatoms. The van der Waals surface area contributed by atoms with E-state index < -0.39 is 0 Å². The van der Waals surface area contributed by atoms with E-state index in [2.05, 4.69) is 13.8 Å². The van der Waals surface area contributed by atoms with Gasteiger partial charge in [-0.3, -0.25) is 0 Å². The van der Waals surface area contributed by atoms with E-state index in [0.29, 0.717) is 0 Å². The lowest BCUT2D eigenvalue weighted by Crippen LogP contribution is -1.94. The van der Waals surface area contributed by atoms with Crippen molar-refractivity contribution in [2.24, 2.45) is 0 Å². The number of hydrogen-bond donors (Lipinski definition) is 0. The Morgan fingerprint density at radius 3 is 1.43 bits per heavy atom. The molecule has 0 aromatic rings. The molecule has 0 bridgehead atoms. The van der Waals surface area contributed by atoms with Crippen LogP contribution in [0.5, 0.6) is 0 Å². The minimum atomic E-state index is 1.25. The number of thioether (sulfide) groups is 1. The van der Waals surface area contributed by atoms with Crippen molar-refractivity contribution >= 4 is 11.8 Å². The molecule has 44 valence electrons. The quantitative estimate of drug-likeness (QED) is 0.471. The second kappa shape index (κ2) is 6.35. The Hall–Kier alpha value is 0.350. The summed E-state index contributed by atoms with van der Waals surface area (Å²) in [6.07, 6.45) is 2.71. The van der Waals surface area contributed by atoms with Crippen molar-refractivity contribution in [2.45, 2.75) is 26.7 Å². The van der Waals surface area contributed by atoms with Crippen molar-refractivity contribution < 1.29 is 0 Å². The molecule has 1 saturated heterocycles. The Balaban J connectivity index is 0.000000110. The molecule has 1 aliphatic rings. The van der Waals surface area contributed by atoms with Crippen LogP contribution in [-0.4, -0.2) is 11.5 Å². The zero-order valence-corrected chi connectivity index (χ0v) is 6.05. The van der Waals surface area contributed by atoms with Crippen LogP contribution in [0.1, 0.15) is 26.7 Å². The molecule has 1 aliphatic heterocycles. The summed E-state index contributed by atoms with van der Waals surface area (Å²) in [5, 5.41) is 0. The summed E-state index contributed by atoms with van der Waals surface area (Å²) in [4.78, 5) is 0. The van der Waals surface area contributed by atoms with E-state index in [9.17, 15) is 0 Å². The van der Waals surface area contributed by atoms with Crippen molar-refractivity contribution in [3.05, 3.63) is 0 Å². The molecule has 0 unspecified atom stereocenters. The van der Waals surface area contributed by atoms with E-state index >= 15 is 0 Å². The number of hydrogen-bond acceptors (Lipinski definition) is 1. The van der Waals surface area contributed by atoms with Gasteiger partial charge >= 0.3 is 0 Å². The van der Waals surface area contributed by atoms with Gasteiger partial charge < -0.3 is 0 Å². The molecule has 1 rings (SSSR count). The van der Waals surface area contributed by atoms with Gasteiger partial charge in [0, 0.05) is 0 Å². The van der Waals surface area contributed by atoms with Crippen LogP contribution >= 0.6 is 11.8 Å². The third-order valence-corrected chi connectivity index (χ3v) is 1.73. The summed E-state index contributed by atoms with van der Waals surface area (Å²) in [5.74, 6) is 2.83. The fourth-order valence-electron chi connectivity index (χ4n) is 0.144. The maximum Gasteiger partial charge on any atom is -0.00597 e. The normalized spacial score (nSPS) is 16.3. The van der Waals surface area contributed by atoms with Crippen LogP contribution in [0.15, 0.2) is 0 Å². The molecular weight excluding hydrogens is 104 g/mol.